The third-order valence-electron chi connectivity index (χ3n) is 4.55. The molecule has 1 amide bonds. The van der Waals surface area contributed by atoms with E-state index in [1.54, 1.807) is 43.3 Å². The summed E-state index contributed by atoms with van der Waals surface area (Å²) in [6, 6.07) is 23.9. The number of benzene rings is 3. The molecule has 0 radical (unpaired) electrons. The summed E-state index contributed by atoms with van der Waals surface area (Å²) >= 11 is 0. The molecule has 0 aromatic heterocycles. The van der Waals surface area contributed by atoms with Gasteiger partial charge in [0.2, 0.25) is 0 Å². The Kier molecular flexibility index (Phi) is 7.22. The van der Waals surface area contributed by atoms with Gasteiger partial charge >= 0.3 is 0 Å². The van der Waals surface area contributed by atoms with Crippen LogP contribution in [0.15, 0.2) is 78.9 Å². The van der Waals surface area contributed by atoms with E-state index in [0.717, 1.165) is 11.3 Å². The minimum atomic E-state index is -0.688. The Morgan fingerprint density at radius 2 is 1.50 bits per heavy atom. The van der Waals surface area contributed by atoms with E-state index in [9.17, 15) is 9.59 Å². The third kappa shape index (κ3) is 5.95. The largest absolute Gasteiger partial charge is 0.489 e. The second kappa shape index (κ2) is 10.3. The van der Waals surface area contributed by atoms with Gasteiger partial charge in [0.05, 0.1) is 0 Å². The zero-order chi connectivity index (χ0) is 21.3. The molecule has 0 saturated heterocycles. The summed E-state index contributed by atoms with van der Waals surface area (Å²) in [6.45, 7) is 3.99. The second-order valence-corrected chi connectivity index (χ2v) is 6.85. The number of carbonyl (C=O) groups is 2. The summed E-state index contributed by atoms with van der Waals surface area (Å²) in [7, 11) is 0. The lowest BCUT2D eigenvalue weighted by Crippen LogP contribution is -2.30. The molecule has 154 valence electrons. The molecule has 0 saturated carbocycles. The van der Waals surface area contributed by atoms with Crippen LogP contribution in [-0.2, 0) is 11.4 Å². The molecule has 0 heterocycles. The average Bonchev–Trinajstić information content (AvgIpc) is 2.79. The highest BCUT2D eigenvalue weighted by molar-refractivity contribution is 5.96. The van der Waals surface area contributed by atoms with Crippen molar-refractivity contribution < 1.29 is 19.1 Å². The van der Waals surface area contributed by atoms with Crippen molar-refractivity contribution in [3.63, 3.8) is 0 Å². The molecule has 0 spiro atoms. The Balaban J connectivity index is 1.50. The molecule has 0 fully saturated rings. The fraction of sp³-hybridized carbons (Fsp3) is 0.200. The first-order valence-electron chi connectivity index (χ1n) is 9.92. The summed E-state index contributed by atoms with van der Waals surface area (Å²) in [5.74, 6) is 1.07. The molecule has 0 unspecified atom stereocenters. The number of rotatable bonds is 9. The predicted molar refractivity (Wildman–Crippen MR) is 117 cm³/mol. The van der Waals surface area contributed by atoms with Crippen LogP contribution in [0.5, 0.6) is 11.5 Å². The number of ketones is 1. The Labute approximate surface area is 176 Å². The van der Waals surface area contributed by atoms with Crippen molar-refractivity contribution >= 4 is 17.4 Å². The van der Waals surface area contributed by atoms with Crippen molar-refractivity contribution in [2.45, 2.75) is 33.0 Å². The number of hydrogen-bond acceptors (Lipinski definition) is 4. The summed E-state index contributed by atoms with van der Waals surface area (Å²) in [4.78, 5) is 24.1. The Morgan fingerprint density at radius 3 is 2.13 bits per heavy atom. The number of hydrogen-bond donors (Lipinski definition) is 1. The highest BCUT2D eigenvalue weighted by Gasteiger charge is 2.15. The second-order valence-electron chi connectivity index (χ2n) is 6.85. The van der Waals surface area contributed by atoms with E-state index in [2.05, 4.69) is 5.32 Å². The summed E-state index contributed by atoms with van der Waals surface area (Å²) < 4.78 is 11.4. The molecule has 3 rings (SSSR count). The number of amides is 1. The number of carbonyl (C=O) groups excluding carboxylic acids is 2. The van der Waals surface area contributed by atoms with Crippen LogP contribution < -0.4 is 14.8 Å². The minimum absolute atomic E-state index is 0.0727. The van der Waals surface area contributed by atoms with Gasteiger partial charge in [-0.1, -0.05) is 37.3 Å². The lowest BCUT2D eigenvalue weighted by Gasteiger charge is -2.15. The van der Waals surface area contributed by atoms with Gasteiger partial charge in [0.15, 0.2) is 11.9 Å². The molecule has 0 aliphatic carbocycles. The van der Waals surface area contributed by atoms with Gasteiger partial charge in [0.25, 0.3) is 5.91 Å². The van der Waals surface area contributed by atoms with E-state index in [1.807, 2.05) is 49.4 Å². The van der Waals surface area contributed by atoms with E-state index in [4.69, 9.17) is 9.47 Å². The maximum Gasteiger partial charge on any atom is 0.265 e. The molecule has 5 nitrogen and oxygen atoms in total. The van der Waals surface area contributed by atoms with Gasteiger partial charge in [-0.05, 0) is 61.0 Å². The fourth-order valence-corrected chi connectivity index (χ4v) is 2.80. The van der Waals surface area contributed by atoms with E-state index in [1.165, 1.54) is 0 Å². The highest BCUT2D eigenvalue weighted by Crippen LogP contribution is 2.19. The van der Waals surface area contributed by atoms with Gasteiger partial charge in [-0.25, -0.2) is 0 Å². The lowest BCUT2D eigenvalue weighted by molar-refractivity contribution is -0.122. The number of nitrogens with one attached hydrogen (secondary N) is 1. The molecule has 1 N–H and O–H groups in total. The third-order valence-corrected chi connectivity index (χ3v) is 4.55. The molecule has 5 heteroatoms. The summed E-state index contributed by atoms with van der Waals surface area (Å²) in [5.41, 5.74) is 2.39. The standard InChI is InChI=1S/C25H25NO4/c1-3-24(27)20-9-13-23(14-10-20)30-18(2)25(28)26-21-11-15-22(16-12-21)29-17-19-7-5-4-6-8-19/h4-16,18H,3,17H2,1-2H3,(H,26,28)/t18-/m0/s1. The van der Waals surface area contributed by atoms with Gasteiger partial charge in [-0.3, -0.25) is 9.59 Å². The van der Waals surface area contributed by atoms with Gasteiger partial charge < -0.3 is 14.8 Å². The van der Waals surface area contributed by atoms with E-state index < -0.39 is 6.10 Å². The zero-order valence-electron chi connectivity index (χ0n) is 17.1. The van der Waals surface area contributed by atoms with Crippen molar-refractivity contribution in [3.05, 3.63) is 90.0 Å². The molecule has 0 aliphatic heterocycles. The SMILES string of the molecule is CCC(=O)c1ccc(O[C@@H](C)C(=O)Nc2ccc(OCc3ccccc3)cc2)cc1. The van der Waals surface area contributed by atoms with Crippen LogP contribution in [0.25, 0.3) is 0 Å². The normalized spacial score (nSPS) is 11.4. The van der Waals surface area contributed by atoms with Crippen LogP contribution >= 0.6 is 0 Å². The fourth-order valence-electron chi connectivity index (χ4n) is 2.80. The maximum atomic E-state index is 12.4. The minimum Gasteiger partial charge on any atom is -0.489 e. The molecular weight excluding hydrogens is 378 g/mol. The maximum absolute atomic E-state index is 12.4. The number of anilines is 1. The smallest absolute Gasteiger partial charge is 0.265 e. The number of Topliss-reactive ketones (excluding diaryl/α,β-unsaturated/α-hetero) is 1. The lowest BCUT2D eigenvalue weighted by atomic mass is 10.1. The molecule has 3 aromatic carbocycles. The van der Waals surface area contributed by atoms with Gasteiger partial charge in [0, 0.05) is 17.7 Å². The predicted octanol–water partition coefficient (Wildman–Crippen LogP) is 5.26. The number of ether oxygens (including phenoxy) is 2. The molecular formula is C25H25NO4. The topological polar surface area (TPSA) is 64.6 Å². The van der Waals surface area contributed by atoms with Crippen molar-refractivity contribution in [3.8, 4) is 11.5 Å². The monoisotopic (exact) mass is 403 g/mol. The van der Waals surface area contributed by atoms with Gasteiger partial charge in [-0.15, -0.1) is 0 Å². The molecule has 3 aromatic rings. The Hall–Kier alpha value is -3.60. The highest BCUT2D eigenvalue weighted by atomic mass is 16.5. The first-order chi connectivity index (χ1) is 14.5. The van der Waals surface area contributed by atoms with Crippen molar-refractivity contribution in [1.82, 2.24) is 0 Å². The van der Waals surface area contributed by atoms with Crippen molar-refractivity contribution in [1.29, 1.82) is 0 Å². The molecule has 30 heavy (non-hydrogen) atoms. The van der Waals surface area contributed by atoms with Crippen LogP contribution in [0.4, 0.5) is 5.69 Å². The first kappa shape index (κ1) is 21.1. The van der Waals surface area contributed by atoms with Crippen LogP contribution in [0, 0.1) is 0 Å². The van der Waals surface area contributed by atoms with Crippen molar-refractivity contribution in [2.75, 3.05) is 5.32 Å². The summed E-state index contributed by atoms with van der Waals surface area (Å²) in [5, 5.41) is 2.83. The van der Waals surface area contributed by atoms with E-state index in [0.29, 0.717) is 30.0 Å². The summed E-state index contributed by atoms with van der Waals surface area (Å²) in [6.07, 6.45) is -0.235. The van der Waals surface area contributed by atoms with Crippen LogP contribution in [0.2, 0.25) is 0 Å². The molecule has 0 bridgehead atoms. The van der Waals surface area contributed by atoms with E-state index >= 15 is 0 Å². The Morgan fingerprint density at radius 1 is 0.867 bits per heavy atom. The molecule has 1 atom stereocenters. The quantitative estimate of drug-likeness (QED) is 0.495. The van der Waals surface area contributed by atoms with E-state index in [-0.39, 0.29) is 11.7 Å². The Bertz CT molecular complexity index is 966. The van der Waals surface area contributed by atoms with Crippen LogP contribution in [0.1, 0.15) is 36.2 Å². The molecule has 0 aliphatic rings. The van der Waals surface area contributed by atoms with Crippen molar-refractivity contribution in [2.24, 2.45) is 0 Å². The van der Waals surface area contributed by atoms with Gasteiger partial charge in [0.1, 0.15) is 18.1 Å². The average molecular weight is 403 g/mol. The van der Waals surface area contributed by atoms with Crippen LogP contribution in [-0.4, -0.2) is 17.8 Å². The van der Waals surface area contributed by atoms with Gasteiger partial charge in [-0.2, -0.15) is 0 Å². The first-order valence-corrected chi connectivity index (χ1v) is 9.92. The zero-order valence-corrected chi connectivity index (χ0v) is 17.1. The van der Waals surface area contributed by atoms with Crippen LogP contribution in [0.3, 0.4) is 0 Å².